The van der Waals surface area contributed by atoms with Crippen LogP contribution in [0.3, 0.4) is 0 Å². The monoisotopic (exact) mass is 271 g/mol. The summed E-state index contributed by atoms with van der Waals surface area (Å²) in [5.74, 6) is 0.433. The van der Waals surface area contributed by atoms with Gasteiger partial charge in [0.2, 0.25) is 11.8 Å². The Morgan fingerprint density at radius 1 is 1.35 bits per heavy atom. The maximum Gasteiger partial charge on any atom is 0.228 e. The number of nitrogens with two attached hydrogens (primary N) is 1. The Balaban J connectivity index is 1.94. The highest BCUT2D eigenvalue weighted by Gasteiger charge is 2.05. The first-order valence-corrected chi connectivity index (χ1v) is 6.40. The van der Waals surface area contributed by atoms with Crippen molar-refractivity contribution in [3.05, 3.63) is 48.2 Å². The van der Waals surface area contributed by atoms with Gasteiger partial charge in [0.05, 0.1) is 24.9 Å². The molecule has 0 atom stereocenters. The van der Waals surface area contributed by atoms with Crippen molar-refractivity contribution < 1.29 is 9.53 Å². The molecule has 0 bridgehead atoms. The van der Waals surface area contributed by atoms with Gasteiger partial charge in [-0.05, 0) is 30.7 Å². The van der Waals surface area contributed by atoms with Crippen molar-refractivity contribution >= 4 is 17.3 Å². The summed E-state index contributed by atoms with van der Waals surface area (Å²) in [6.07, 6.45) is 1.85. The Labute approximate surface area is 117 Å². The largest absolute Gasteiger partial charge is 0.478 e. The van der Waals surface area contributed by atoms with E-state index in [0.29, 0.717) is 23.9 Å². The number of nitrogens with zero attached hydrogens (tertiary/aromatic N) is 1. The molecule has 0 spiro atoms. The van der Waals surface area contributed by atoms with Crippen molar-refractivity contribution in [2.75, 3.05) is 17.7 Å². The van der Waals surface area contributed by atoms with Crippen molar-refractivity contribution in [3.8, 4) is 5.88 Å². The smallest absolute Gasteiger partial charge is 0.228 e. The average Bonchev–Trinajstić information content (AvgIpc) is 2.41. The fourth-order valence-corrected chi connectivity index (χ4v) is 1.78. The first kappa shape index (κ1) is 13.9. The summed E-state index contributed by atoms with van der Waals surface area (Å²) in [6, 6.07) is 10.8. The Morgan fingerprint density at radius 3 is 2.85 bits per heavy atom. The van der Waals surface area contributed by atoms with Crippen molar-refractivity contribution in [3.63, 3.8) is 0 Å². The average molecular weight is 271 g/mol. The molecule has 3 N–H and O–H groups in total. The maximum absolute atomic E-state index is 11.9. The zero-order valence-electron chi connectivity index (χ0n) is 11.3. The number of aromatic nitrogens is 1. The lowest BCUT2D eigenvalue weighted by molar-refractivity contribution is -0.115. The van der Waals surface area contributed by atoms with Crippen LogP contribution < -0.4 is 15.8 Å². The summed E-state index contributed by atoms with van der Waals surface area (Å²) in [4.78, 5) is 16.0. The normalized spacial score (nSPS) is 10.1. The predicted octanol–water partition coefficient (Wildman–Crippen LogP) is 2.24. The molecule has 0 saturated heterocycles. The Kier molecular flexibility index (Phi) is 4.55. The number of hydrogen-bond acceptors (Lipinski definition) is 4. The topological polar surface area (TPSA) is 77.2 Å². The number of amides is 1. The lowest BCUT2D eigenvalue weighted by Crippen LogP contribution is -2.14. The minimum Gasteiger partial charge on any atom is -0.478 e. The van der Waals surface area contributed by atoms with E-state index in [9.17, 15) is 4.79 Å². The highest BCUT2D eigenvalue weighted by molar-refractivity contribution is 5.92. The highest BCUT2D eigenvalue weighted by Crippen LogP contribution is 2.13. The second-order valence-electron chi connectivity index (χ2n) is 4.29. The summed E-state index contributed by atoms with van der Waals surface area (Å²) in [5.41, 5.74) is 7.84. The van der Waals surface area contributed by atoms with Gasteiger partial charge >= 0.3 is 0 Å². The molecule has 5 nitrogen and oxygen atoms in total. The molecular formula is C15H17N3O2. The van der Waals surface area contributed by atoms with Crippen molar-refractivity contribution in [1.29, 1.82) is 0 Å². The quantitative estimate of drug-likeness (QED) is 0.818. The van der Waals surface area contributed by atoms with Crippen LogP contribution in [0, 0.1) is 0 Å². The van der Waals surface area contributed by atoms with Crippen LogP contribution in [0.15, 0.2) is 42.6 Å². The number of benzene rings is 1. The third-order valence-electron chi connectivity index (χ3n) is 2.63. The van der Waals surface area contributed by atoms with Gasteiger partial charge < -0.3 is 15.8 Å². The summed E-state index contributed by atoms with van der Waals surface area (Å²) < 4.78 is 5.24. The molecule has 2 aromatic rings. The molecule has 1 amide bonds. The van der Waals surface area contributed by atoms with E-state index in [0.717, 1.165) is 5.56 Å². The standard InChI is InChI=1S/C15H17N3O2/c1-2-20-15-7-6-13(10-17-15)18-14(19)9-11-4-3-5-12(16)8-11/h3-8,10H,2,9,16H2,1H3,(H,18,19). The molecule has 104 valence electrons. The number of nitrogens with one attached hydrogen (secondary N) is 1. The van der Waals surface area contributed by atoms with E-state index in [4.69, 9.17) is 10.5 Å². The van der Waals surface area contributed by atoms with E-state index in [1.165, 1.54) is 0 Å². The number of nitrogen functional groups attached to an aromatic ring is 1. The van der Waals surface area contributed by atoms with Gasteiger partial charge in [0.15, 0.2) is 0 Å². The number of ether oxygens (including phenoxy) is 1. The number of carbonyl (C=O) groups excluding carboxylic acids is 1. The van der Waals surface area contributed by atoms with Gasteiger partial charge in [0.25, 0.3) is 0 Å². The predicted molar refractivity (Wildman–Crippen MR) is 78.6 cm³/mol. The van der Waals surface area contributed by atoms with E-state index in [-0.39, 0.29) is 12.3 Å². The summed E-state index contributed by atoms with van der Waals surface area (Å²) in [6.45, 7) is 2.46. The molecule has 1 heterocycles. The van der Waals surface area contributed by atoms with Gasteiger partial charge in [-0.1, -0.05) is 12.1 Å². The van der Waals surface area contributed by atoms with Gasteiger partial charge in [0.1, 0.15) is 0 Å². The van der Waals surface area contributed by atoms with Crippen LogP contribution in [0.4, 0.5) is 11.4 Å². The zero-order valence-corrected chi connectivity index (χ0v) is 11.3. The molecule has 0 unspecified atom stereocenters. The maximum atomic E-state index is 11.9. The lowest BCUT2D eigenvalue weighted by Gasteiger charge is -2.07. The van der Waals surface area contributed by atoms with Crippen molar-refractivity contribution in [1.82, 2.24) is 4.98 Å². The molecule has 0 aliphatic carbocycles. The third kappa shape index (κ3) is 3.98. The van der Waals surface area contributed by atoms with Crippen LogP contribution in [0.5, 0.6) is 5.88 Å². The summed E-state index contributed by atoms with van der Waals surface area (Å²) >= 11 is 0. The molecule has 2 rings (SSSR count). The van der Waals surface area contributed by atoms with Crippen LogP contribution in [0.1, 0.15) is 12.5 Å². The highest BCUT2D eigenvalue weighted by atomic mass is 16.5. The molecule has 5 heteroatoms. The second kappa shape index (κ2) is 6.56. The van der Waals surface area contributed by atoms with Gasteiger partial charge in [0, 0.05) is 11.8 Å². The minimum absolute atomic E-state index is 0.110. The first-order valence-electron chi connectivity index (χ1n) is 6.40. The number of pyridine rings is 1. The number of hydrogen-bond donors (Lipinski definition) is 2. The molecule has 0 fully saturated rings. The van der Waals surface area contributed by atoms with Crippen LogP contribution in [-0.4, -0.2) is 17.5 Å². The summed E-state index contributed by atoms with van der Waals surface area (Å²) in [7, 11) is 0. The van der Waals surface area contributed by atoms with Crippen LogP contribution in [0.25, 0.3) is 0 Å². The van der Waals surface area contributed by atoms with E-state index in [2.05, 4.69) is 10.3 Å². The molecule has 0 radical (unpaired) electrons. The van der Waals surface area contributed by atoms with Crippen molar-refractivity contribution in [2.45, 2.75) is 13.3 Å². The van der Waals surface area contributed by atoms with E-state index in [1.54, 1.807) is 30.5 Å². The van der Waals surface area contributed by atoms with Crippen LogP contribution in [0.2, 0.25) is 0 Å². The Morgan fingerprint density at radius 2 is 2.20 bits per heavy atom. The molecular weight excluding hydrogens is 254 g/mol. The minimum atomic E-state index is -0.110. The molecule has 1 aromatic carbocycles. The molecule has 0 aliphatic rings. The summed E-state index contributed by atoms with van der Waals surface area (Å²) in [5, 5.41) is 2.78. The van der Waals surface area contributed by atoms with Crippen LogP contribution >= 0.6 is 0 Å². The lowest BCUT2D eigenvalue weighted by atomic mass is 10.1. The van der Waals surface area contributed by atoms with E-state index in [1.807, 2.05) is 19.1 Å². The molecule has 20 heavy (non-hydrogen) atoms. The Hall–Kier alpha value is -2.56. The van der Waals surface area contributed by atoms with Gasteiger partial charge in [-0.15, -0.1) is 0 Å². The number of rotatable bonds is 5. The Bertz CT molecular complexity index is 582. The van der Waals surface area contributed by atoms with E-state index >= 15 is 0 Å². The van der Waals surface area contributed by atoms with E-state index < -0.39 is 0 Å². The van der Waals surface area contributed by atoms with Gasteiger partial charge in [-0.3, -0.25) is 4.79 Å². The molecule has 0 saturated carbocycles. The third-order valence-corrected chi connectivity index (χ3v) is 2.63. The van der Waals surface area contributed by atoms with Gasteiger partial charge in [-0.25, -0.2) is 4.98 Å². The fourth-order valence-electron chi connectivity index (χ4n) is 1.78. The first-order chi connectivity index (χ1) is 9.67. The molecule has 1 aromatic heterocycles. The number of carbonyl (C=O) groups is 1. The molecule has 0 aliphatic heterocycles. The van der Waals surface area contributed by atoms with Crippen LogP contribution in [-0.2, 0) is 11.2 Å². The van der Waals surface area contributed by atoms with Crippen molar-refractivity contribution in [2.24, 2.45) is 0 Å². The second-order valence-corrected chi connectivity index (χ2v) is 4.29. The fraction of sp³-hybridized carbons (Fsp3) is 0.200. The number of anilines is 2. The van der Waals surface area contributed by atoms with Gasteiger partial charge in [-0.2, -0.15) is 0 Å². The zero-order chi connectivity index (χ0) is 14.4. The SMILES string of the molecule is CCOc1ccc(NC(=O)Cc2cccc(N)c2)cn1.